The molecule has 0 aliphatic carbocycles. The van der Waals surface area contributed by atoms with Crippen LogP contribution in [0.25, 0.3) is 0 Å². The highest BCUT2D eigenvalue weighted by Crippen LogP contribution is 2.22. The normalized spacial score (nSPS) is 12.0. The maximum Gasteiger partial charge on any atom is 0.258 e. The molecule has 0 unspecified atom stereocenters. The van der Waals surface area contributed by atoms with E-state index < -0.39 is 5.91 Å². The van der Waals surface area contributed by atoms with Crippen molar-refractivity contribution in [2.24, 2.45) is 11.7 Å². The minimum Gasteiger partial charge on any atom is -0.483 e. The van der Waals surface area contributed by atoms with Crippen LogP contribution in [0.4, 0.5) is 0 Å². The number of primary amides is 1. The lowest BCUT2D eigenvalue weighted by molar-refractivity contribution is -0.123. The van der Waals surface area contributed by atoms with Gasteiger partial charge in [-0.05, 0) is 37.5 Å². The van der Waals surface area contributed by atoms with E-state index in [9.17, 15) is 9.59 Å². The van der Waals surface area contributed by atoms with Crippen molar-refractivity contribution < 1.29 is 14.3 Å². The van der Waals surface area contributed by atoms with Crippen molar-refractivity contribution in [1.82, 2.24) is 5.32 Å². The zero-order chi connectivity index (χ0) is 17.4. The fourth-order valence-electron chi connectivity index (χ4n) is 2.18. The van der Waals surface area contributed by atoms with Crippen molar-refractivity contribution >= 4 is 23.4 Å². The summed E-state index contributed by atoms with van der Waals surface area (Å²) >= 11 is 5.82. The highest BCUT2D eigenvalue weighted by molar-refractivity contribution is 6.31. The molecule has 0 radical (unpaired) electrons. The lowest BCUT2D eigenvalue weighted by Gasteiger charge is -2.15. The molecule has 0 bridgehead atoms. The van der Waals surface area contributed by atoms with Crippen LogP contribution in [0.2, 0.25) is 5.02 Å². The summed E-state index contributed by atoms with van der Waals surface area (Å²) in [5.41, 5.74) is 5.43. The number of rotatable bonds is 9. The Morgan fingerprint density at radius 2 is 1.96 bits per heavy atom. The second kappa shape index (κ2) is 9.40. The van der Waals surface area contributed by atoms with Crippen LogP contribution in [0.3, 0.4) is 0 Å². The standard InChI is InChI=1S/C17H25ClN2O3/c1-11(2)5-4-6-12(3)20-16(21)10-23-15-8-7-13(18)9-14(15)17(19)22/h7-9,11-12H,4-6,10H2,1-3H3,(H2,19,22)(H,20,21)/t12-/m1/s1. The van der Waals surface area contributed by atoms with Crippen LogP contribution in [-0.4, -0.2) is 24.5 Å². The smallest absolute Gasteiger partial charge is 0.258 e. The average molecular weight is 341 g/mol. The molecule has 0 aromatic heterocycles. The van der Waals surface area contributed by atoms with E-state index in [4.69, 9.17) is 22.1 Å². The maximum absolute atomic E-state index is 11.9. The average Bonchev–Trinajstić information content (AvgIpc) is 2.45. The van der Waals surface area contributed by atoms with Gasteiger partial charge in [0.25, 0.3) is 11.8 Å². The van der Waals surface area contributed by atoms with Gasteiger partial charge in [0.15, 0.2) is 6.61 Å². The zero-order valence-corrected chi connectivity index (χ0v) is 14.7. The number of nitrogens with two attached hydrogens (primary N) is 1. The Bertz CT molecular complexity index is 547. The van der Waals surface area contributed by atoms with Crippen LogP contribution in [0.5, 0.6) is 5.75 Å². The molecule has 0 aliphatic heterocycles. The summed E-state index contributed by atoms with van der Waals surface area (Å²) in [5.74, 6) is 0.0419. The molecule has 3 N–H and O–H groups in total. The van der Waals surface area contributed by atoms with Crippen LogP contribution in [0.1, 0.15) is 50.4 Å². The van der Waals surface area contributed by atoms with Gasteiger partial charge in [0.1, 0.15) is 5.75 Å². The molecule has 1 aromatic carbocycles. The highest BCUT2D eigenvalue weighted by Gasteiger charge is 2.13. The van der Waals surface area contributed by atoms with Gasteiger partial charge in [-0.2, -0.15) is 0 Å². The van der Waals surface area contributed by atoms with E-state index in [1.807, 2.05) is 6.92 Å². The number of hydrogen-bond acceptors (Lipinski definition) is 3. The predicted molar refractivity (Wildman–Crippen MR) is 91.8 cm³/mol. The van der Waals surface area contributed by atoms with E-state index in [0.29, 0.717) is 10.9 Å². The van der Waals surface area contributed by atoms with Gasteiger partial charge in [-0.3, -0.25) is 9.59 Å². The molecule has 0 saturated carbocycles. The minimum atomic E-state index is -0.648. The first-order chi connectivity index (χ1) is 10.8. The highest BCUT2D eigenvalue weighted by atomic mass is 35.5. The molecular formula is C17H25ClN2O3. The summed E-state index contributed by atoms with van der Waals surface area (Å²) in [7, 11) is 0. The van der Waals surface area contributed by atoms with Crippen molar-refractivity contribution in [3.63, 3.8) is 0 Å². The van der Waals surface area contributed by atoms with Crippen molar-refractivity contribution in [3.05, 3.63) is 28.8 Å². The van der Waals surface area contributed by atoms with Crippen LogP contribution in [0.15, 0.2) is 18.2 Å². The molecule has 0 saturated heterocycles. The number of benzene rings is 1. The van der Waals surface area contributed by atoms with Crippen LogP contribution < -0.4 is 15.8 Å². The Hall–Kier alpha value is -1.75. The second-order valence-electron chi connectivity index (χ2n) is 6.09. The van der Waals surface area contributed by atoms with E-state index in [1.54, 1.807) is 6.07 Å². The first-order valence-electron chi connectivity index (χ1n) is 7.81. The third kappa shape index (κ3) is 7.37. The fourth-order valence-corrected chi connectivity index (χ4v) is 2.36. The zero-order valence-electron chi connectivity index (χ0n) is 13.9. The van der Waals surface area contributed by atoms with Crippen LogP contribution in [0, 0.1) is 5.92 Å². The summed E-state index contributed by atoms with van der Waals surface area (Å²) in [4.78, 5) is 23.2. The summed E-state index contributed by atoms with van der Waals surface area (Å²) < 4.78 is 5.39. The lowest BCUT2D eigenvalue weighted by Crippen LogP contribution is -2.36. The van der Waals surface area contributed by atoms with E-state index in [1.165, 1.54) is 12.1 Å². The van der Waals surface area contributed by atoms with Gasteiger partial charge in [0, 0.05) is 11.1 Å². The Morgan fingerprint density at radius 1 is 1.26 bits per heavy atom. The molecular weight excluding hydrogens is 316 g/mol. The van der Waals surface area contributed by atoms with Gasteiger partial charge in [-0.1, -0.05) is 38.3 Å². The third-order valence-electron chi connectivity index (χ3n) is 3.39. The molecule has 23 heavy (non-hydrogen) atoms. The van der Waals surface area contributed by atoms with Crippen molar-refractivity contribution in [2.75, 3.05) is 6.61 Å². The van der Waals surface area contributed by atoms with Gasteiger partial charge in [0.2, 0.25) is 0 Å². The van der Waals surface area contributed by atoms with Gasteiger partial charge < -0.3 is 15.8 Å². The molecule has 6 heteroatoms. The maximum atomic E-state index is 11.9. The number of hydrogen-bond donors (Lipinski definition) is 2. The number of carbonyl (C=O) groups is 2. The Balaban J connectivity index is 2.46. The molecule has 1 atom stereocenters. The Kier molecular flexibility index (Phi) is 7.89. The lowest BCUT2D eigenvalue weighted by atomic mass is 10.0. The largest absolute Gasteiger partial charge is 0.483 e. The van der Waals surface area contributed by atoms with E-state index >= 15 is 0 Å². The van der Waals surface area contributed by atoms with Crippen molar-refractivity contribution in [2.45, 2.75) is 46.1 Å². The first kappa shape index (κ1) is 19.3. The molecule has 0 heterocycles. The SMILES string of the molecule is CC(C)CCC[C@@H](C)NC(=O)COc1ccc(Cl)cc1C(N)=O. The quantitative estimate of drug-likeness (QED) is 0.724. The first-order valence-corrected chi connectivity index (χ1v) is 8.19. The number of ether oxygens (including phenoxy) is 1. The second-order valence-corrected chi connectivity index (χ2v) is 6.52. The molecule has 5 nitrogen and oxygen atoms in total. The van der Waals surface area contributed by atoms with Gasteiger partial charge >= 0.3 is 0 Å². The minimum absolute atomic E-state index is 0.0886. The van der Waals surface area contributed by atoms with E-state index in [-0.39, 0.29) is 29.9 Å². The molecule has 2 amide bonds. The van der Waals surface area contributed by atoms with Crippen molar-refractivity contribution in [1.29, 1.82) is 0 Å². The number of nitrogens with one attached hydrogen (secondary N) is 1. The Labute approximate surface area is 142 Å². The topological polar surface area (TPSA) is 81.4 Å². The summed E-state index contributed by atoms with van der Waals surface area (Å²) in [6, 6.07) is 4.62. The third-order valence-corrected chi connectivity index (χ3v) is 3.63. The van der Waals surface area contributed by atoms with E-state index in [0.717, 1.165) is 19.3 Å². The number of halogens is 1. The molecule has 128 valence electrons. The summed E-state index contributed by atoms with van der Waals surface area (Å²) in [5, 5.41) is 3.26. The van der Waals surface area contributed by atoms with Crippen LogP contribution in [-0.2, 0) is 4.79 Å². The molecule has 0 spiro atoms. The molecule has 0 aliphatic rings. The number of carbonyl (C=O) groups excluding carboxylic acids is 2. The molecule has 1 aromatic rings. The monoisotopic (exact) mass is 340 g/mol. The molecule has 0 fully saturated rings. The van der Waals surface area contributed by atoms with Crippen LogP contribution >= 0.6 is 11.6 Å². The summed E-state index contributed by atoms with van der Waals surface area (Å²) in [6.07, 6.45) is 3.14. The molecule has 1 rings (SSSR count). The van der Waals surface area contributed by atoms with Gasteiger partial charge in [-0.25, -0.2) is 0 Å². The van der Waals surface area contributed by atoms with Gasteiger partial charge in [0.05, 0.1) is 5.56 Å². The Morgan fingerprint density at radius 3 is 2.57 bits per heavy atom. The number of amides is 2. The van der Waals surface area contributed by atoms with Crippen molar-refractivity contribution in [3.8, 4) is 5.75 Å². The fraction of sp³-hybridized carbons (Fsp3) is 0.529. The van der Waals surface area contributed by atoms with Gasteiger partial charge in [-0.15, -0.1) is 0 Å². The predicted octanol–water partition coefficient (Wildman–Crippen LogP) is 3.15. The van der Waals surface area contributed by atoms with E-state index in [2.05, 4.69) is 19.2 Å². The summed E-state index contributed by atoms with van der Waals surface area (Å²) in [6.45, 7) is 6.16.